The monoisotopic (exact) mass is 294 g/mol. The molecular weight excluding hydrogens is 272 g/mol. The predicted octanol–water partition coefficient (Wildman–Crippen LogP) is 3.24. The first-order chi connectivity index (χ1) is 10.7. The molecule has 1 aromatic carbocycles. The molecule has 22 heavy (non-hydrogen) atoms. The van der Waals surface area contributed by atoms with Crippen molar-refractivity contribution in [3.63, 3.8) is 0 Å². The van der Waals surface area contributed by atoms with E-state index in [4.69, 9.17) is 0 Å². The number of benzene rings is 1. The standard InChI is InChI=1S/C19H22N2O/c1-14-2-4-17(5-3-14)19(22)18-11-16(12-21-13-18)10-15-6-8-20-9-7-15/h2-5,10-13,19-20,22H,6-9H2,1H3. The topological polar surface area (TPSA) is 45.2 Å². The lowest BCUT2D eigenvalue weighted by Gasteiger charge is -2.16. The molecule has 0 aliphatic carbocycles. The Hall–Kier alpha value is -1.97. The molecule has 1 fully saturated rings. The van der Waals surface area contributed by atoms with Crippen LogP contribution in [0, 0.1) is 6.92 Å². The molecule has 3 nitrogen and oxygen atoms in total. The van der Waals surface area contributed by atoms with Crippen LogP contribution in [-0.4, -0.2) is 23.2 Å². The molecule has 3 heteroatoms. The molecule has 1 aromatic heterocycles. The summed E-state index contributed by atoms with van der Waals surface area (Å²) in [7, 11) is 0. The van der Waals surface area contributed by atoms with Crippen molar-refractivity contribution < 1.29 is 5.11 Å². The Morgan fingerprint density at radius 2 is 1.82 bits per heavy atom. The summed E-state index contributed by atoms with van der Waals surface area (Å²) in [6, 6.07) is 10.0. The molecule has 1 saturated heterocycles. The Kier molecular flexibility index (Phi) is 4.66. The second-order valence-corrected chi connectivity index (χ2v) is 5.92. The number of pyridine rings is 1. The van der Waals surface area contributed by atoms with Crippen LogP contribution in [-0.2, 0) is 0 Å². The van der Waals surface area contributed by atoms with Gasteiger partial charge < -0.3 is 10.4 Å². The summed E-state index contributed by atoms with van der Waals surface area (Å²) >= 11 is 0. The Bertz CT molecular complexity index is 653. The molecule has 1 aliphatic heterocycles. The van der Waals surface area contributed by atoms with Gasteiger partial charge in [0.15, 0.2) is 0 Å². The molecule has 0 spiro atoms. The Balaban J connectivity index is 1.82. The Labute approximate surface area is 131 Å². The van der Waals surface area contributed by atoms with Gasteiger partial charge in [0.25, 0.3) is 0 Å². The number of aromatic nitrogens is 1. The zero-order chi connectivity index (χ0) is 15.4. The van der Waals surface area contributed by atoms with Gasteiger partial charge in [0.05, 0.1) is 0 Å². The summed E-state index contributed by atoms with van der Waals surface area (Å²) in [5, 5.41) is 13.9. The summed E-state index contributed by atoms with van der Waals surface area (Å²) in [4.78, 5) is 4.29. The lowest BCUT2D eigenvalue weighted by Crippen LogP contribution is -2.22. The third kappa shape index (κ3) is 3.62. The second-order valence-electron chi connectivity index (χ2n) is 5.92. The molecule has 3 rings (SSSR count). The zero-order valence-corrected chi connectivity index (χ0v) is 12.9. The minimum atomic E-state index is -0.625. The van der Waals surface area contributed by atoms with Gasteiger partial charge in [-0.3, -0.25) is 4.98 Å². The van der Waals surface area contributed by atoms with Crippen LogP contribution in [0.3, 0.4) is 0 Å². The Morgan fingerprint density at radius 1 is 1.09 bits per heavy atom. The fourth-order valence-corrected chi connectivity index (χ4v) is 2.77. The molecule has 1 aliphatic rings. The van der Waals surface area contributed by atoms with Gasteiger partial charge in [-0.1, -0.05) is 41.5 Å². The highest BCUT2D eigenvalue weighted by Crippen LogP contribution is 2.23. The maximum Gasteiger partial charge on any atom is 0.106 e. The van der Waals surface area contributed by atoms with Gasteiger partial charge in [0.2, 0.25) is 0 Å². The molecule has 0 saturated carbocycles. The summed E-state index contributed by atoms with van der Waals surface area (Å²) in [6.45, 7) is 4.14. The molecule has 2 N–H and O–H groups in total. The largest absolute Gasteiger partial charge is 0.384 e. The van der Waals surface area contributed by atoms with E-state index in [1.54, 1.807) is 6.20 Å². The lowest BCUT2D eigenvalue weighted by molar-refractivity contribution is 0.220. The number of nitrogens with zero attached hydrogens (tertiary/aromatic N) is 1. The van der Waals surface area contributed by atoms with Crippen molar-refractivity contribution >= 4 is 6.08 Å². The van der Waals surface area contributed by atoms with Gasteiger partial charge >= 0.3 is 0 Å². The van der Waals surface area contributed by atoms with E-state index in [2.05, 4.69) is 16.4 Å². The van der Waals surface area contributed by atoms with E-state index in [9.17, 15) is 5.11 Å². The number of hydrogen-bond acceptors (Lipinski definition) is 3. The first-order valence-electron chi connectivity index (χ1n) is 7.82. The van der Waals surface area contributed by atoms with Crippen molar-refractivity contribution in [2.75, 3.05) is 13.1 Å². The third-order valence-electron chi connectivity index (χ3n) is 4.11. The van der Waals surface area contributed by atoms with Crippen molar-refractivity contribution in [1.82, 2.24) is 10.3 Å². The number of hydrogen-bond donors (Lipinski definition) is 2. The fourth-order valence-electron chi connectivity index (χ4n) is 2.77. The van der Waals surface area contributed by atoms with Crippen molar-refractivity contribution in [2.45, 2.75) is 25.9 Å². The average molecular weight is 294 g/mol. The van der Waals surface area contributed by atoms with Crippen LogP contribution < -0.4 is 5.32 Å². The van der Waals surface area contributed by atoms with E-state index in [-0.39, 0.29) is 0 Å². The molecule has 2 aromatic rings. The van der Waals surface area contributed by atoms with Crippen LogP contribution in [0.25, 0.3) is 6.08 Å². The van der Waals surface area contributed by atoms with Crippen LogP contribution in [0.1, 0.15) is 41.2 Å². The van der Waals surface area contributed by atoms with Gasteiger partial charge in [-0.15, -0.1) is 0 Å². The Morgan fingerprint density at radius 3 is 2.55 bits per heavy atom. The molecule has 1 unspecified atom stereocenters. The van der Waals surface area contributed by atoms with E-state index in [1.165, 1.54) is 11.1 Å². The molecule has 114 valence electrons. The van der Waals surface area contributed by atoms with Gasteiger partial charge in [0, 0.05) is 18.0 Å². The number of rotatable bonds is 3. The van der Waals surface area contributed by atoms with Gasteiger partial charge in [-0.2, -0.15) is 0 Å². The SMILES string of the molecule is Cc1ccc(C(O)c2cncc(C=C3CCNCC3)c2)cc1. The van der Waals surface area contributed by atoms with E-state index >= 15 is 0 Å². The van der Waals surface area contributed by atoms with Crippen LogP contribution in [0.4, 0.5) is 0 Å². The number of piperidine rings is 1. The average Bonchev–Trinajstić information content (AvgIpc) is 2.56. The first kappa shape index (κ1) is 14.9. The second kappa shape index (κ2) is 6.86. The van der Waals surface area contributed by atoms with E-state index in [0.29, 0.717) is 0 Å². The summed E-state index contributed by atoms with van der Waals surface area (Å²) in [6.07, 6.45) is 7.36. The first-order valence-corrected chi connectivity index (χ1v) is 7.82. The fraction of sp³-hybridized carbons (Fsp3) is 0.316. The van der Waals surface area contributed by atoms with Crippen molar-refractivity contribution in [2.24, 2.45) is 0 Å². The molecular formula is C19H22N2O. The quantitative estimate of drug-likeness (QED) is 0.913. The molecule has 0 amide bonds. The molecule has 2 heterocycles. The van der Waals surface area contributed by atoms with Crippen molar-refractivity contribution in [1.29, 1.82) is 0 Å². The summed E-state index contributed by atoms with van der Waals surface area (Å²) in [5.41, 5.74) is 5.45. The highest BCUT2D eigenvalue weighted by molar-refractivity contribution is 5.53. The maximum absolute atomic E-state index is 10.5. The maximum atomic E-state index is 10.5. The van der Waals surface area contributed by atoms with E-state index in [0.717, 1.165) is 42.6 Å². The predicted molar refractivity (Wildman–Crippen MR) is 89.6 cm³/mol. The smallest absolute Gasteiger partial charge is 0.106 e. The van der Waals surface area contributed by atoms with Crippen molar-refractivity contribution in [3.05, 3.63) is 70.6 Å². The number of nitrogens with one attached hydrogen (secondary N) is 1. The molecule has 0 radical (unpaired) electrons. The lowest BCUT2D eigenvalue weighted by atomic mass is 9.99. The number of aliphatic hydroxyl groups excluding tert-OH is 1. The summed E-state index contributed by atoms with van der Waals surface area (Å²) in [5.74, 6) is 0. The van der Waals surface area contributed by atoms with Crippen LogP contribution >= 0.6 is 0 Å². The van der Waals surface area contributed by atoms with Gasteiger partial charge in [-0.25, -0.2) is 0 Å². The van der Waals surface area contributed by atoms with E-state index in [1.807, 2.05) is 43.5 Å². The minimum absolute atomic E-state index is 0.625. The highest BCUT2D eigenvalue weighted by Gasteiger charge is 2.11. The summed E-state index contributed by atoms with van der Waals surface area (Å²) < 4.78 is 0. The zero-order valence-electron chi connectivity index (χ0n) is 12.9. The van der Waals surface area contributed by atoms with E-state index < -0.39 is 6.10 Å². The number of aliphatic hydroxyl groups is 1. The van der Waals surface area contributed by atoms with Crippen LogP contribution in [0.15, 0.2) is 48.3 Å². The minimum Gasteiger partial charge on any atom is -0.384 e. The van der Waals surface area contributed by atoms with Crippen LogP contribution in [0.5, 0.6) is 0 Å². The normalized spacial score (nSPS) is 16.4. The van der Waals surface area contributed by atoms with Gasteiger partial charge in [-0.05, 0) is 50.0 Å². The highest BCUT2D eigenvalue weighted by atomic mass is 16.3. The molecule has 0 bridgehead atoms. The number of aryl methyl sites for hydroxylation is 1. The van der Waals surface area contributed by atoms with Gasteiger partial charge in [0.1, 0.15) is 6.10 Å². The van der Waals surface area contributed by atoms with Crippen LogP contribution in [0.2, 0.25) is 0 Å². The molecule has 1 atom stereocenters. The van der Waals surface area contributed by atoms with Crippen molar-refractivity contribution in [3.8, 4) is 0 Å². The third-order valence-corrected chi connectivity index (χ3v) is 4.11.